The van der Waals surface area contributed by atoms with E-state index in [2.05, 4.69) is 29.2 Å². The normalized spacial score (nSPS) is 11.4. The first-order valence-corrected chi connectivity index (χ1v) is 11.9. The maximum absolute atomic E-state index is 12.3. The molecule has 168 valence electrons. The minimum absolute atomic E-state index is 0.207. The summed E-state index contributed by atoms with van der Waals surface area (Å²) in [6.45, 7) is 18.6. The van der Waals surface area contributed by atoms with Gasteiger partial charge < -0.3 is 10.6 Å². The molecule has 0 saturated carbocycles. The Morgan fingerprint density at radius 1 is 0.931 bits per heavy atom. The van der Waals surface area contributed by atoms with Crippen LogP contribution >= 0.6 is 0 Å². The third-order valence-corrected chi connectivity index (χ3v) is 6.02. The van der Waals surface area contributed by atoms with E-state index < -0.39 is 16.2 Å². The van der Waals surface area contributed by atoms with Crippen LogP contribution in [0.5, 0.6) is 0 Å². The highest BCUT2D eigenvalue weighted by Gasteiger charge is 2.23. The van der Waals surface area contributed by atoms with Gasteiger partial charge in [0.25, 0.3) is 0 Å². The number of anilines is 1. The molecule has 0 spiro atoms. The first-order chi connectivity index (χ1) is 13.5. The van der Waals surface area contributed by atoms with E-state index in [0.29, 0.717) is 18.8 Å². The standard InChI is InChI=1S/C17H29N3O3S.C4H11N/c1-7-20(8-2)24(22,23)19-17(21)18-16-14(12(3)4)10-9-11-15(16)13(5)6;1-3-5-4-2/h9-13H,7-8H2,1-6H3,(H2,18,19,21);5H,3-4H2,1-2H3. The number of hydrogen-bond donors (Lipinski definition) is 3. The Balaban J connectivity index is 0.00000139. The molecule has 1 aromatic rings. The second-order valence-corrected chi connectivity index (χ2v) is 8.89. The van der Waals surface area contributed by atoms with Crippen molar-refractivity contribution in [3.63, 3.8) is 0 Å². The summed E-state index contributed by atoms with van der Waals surface area (Å²) in [7, 11) is -3.84. The average Bonchev–Trinajstić information content (AvgIpc) is 2.62. The maximum Gasteiger partial charge on any atom is 0.333 e. The molecule has 0 unspecified atom stereocenters. The summed E-state index contributed by atoms with van der Waals surface area (Å²) in [4.78, 5) is 12.3. The predicted molar refractivity (Wildman–Crippen MR) is 123 cm³/mol. The molecule has 1 rings (SSSR count). The molecule has 0 fully saturated rings. The van der Waals surface area contributed by atoms with Crippen molar-refractivity contribution in [1.29, 1.82) is 0 Å². The zero-order valence-corrected chi connectivity index (χ0v) is 20.1. The summed E-state index contributed by atoms with van der Waals surface area (Å²) < 4.78 is 27.7. The third-order valence-electron chi connectivity index (χ3n) is 4.38. The SMILES string of the molecule is CCN(CC)S(=O)(=O)NC(=O)Nc1c(C(C)C)cccc1C(C)C.CCNCC. The number of carbonyl (C=O) groups excluding carboxylic acids is 1. The Morgan fingerprint density at radius 2 is 1.38 bits per heavy atom. The van der Waals surface area contributed by atoms with Gasteiger partial charge in [0.05, 0.1) is 0 Å². The van der Waals surface area contributed by atoms with Crippen molar-refractivity contribution in [3.05, 3.63) is 29.3 Å². The predicted octanol–water partition coefficient (Wildman–Crippen LogP) is 4.26. The number of carbonyl (C=O) groups is 1. The van der Waals surface area contributed by atoms with Crippen LogP contribution in [0.1, 0.15) is 78.4 Å². The topological polar surface area (TPSA) is 90.5 Å². The monoisotopic (exact) mass is 428 g/mol. The van der Waals surface area contributed by atoms with E-state index in [9.17, 15) is 13.2 Å². The number of hydrogen-bond acceptors (Lipinski definition) is 4. The van der Waals surface area contributed by atoms with Gasteiger partial charge in [0.15, 0.2) is 0 Å². The molecule has 8 heteroatoms. The summed E-state index contributed by atoms with van der Waals surface area (Å²) in [6.07, 6.45) is 0. The van der Waals surface area contributed by atoms with Crippen LogP contribution in [0.2, 0.25) is 0 Å². The summed E-state index contributed by atoms with van der Waals surface area (Å²) >= 11 is 0. The van der Waals surface area contributed by atoms with Crippen LogP contribution < -0.4 is 15.4 Å². The van der Waals surface area contributed by atoms with Crippen molar-refractivity contribution in [1.82, 2.24) is 14.3 Å². The van der Waals surface area contributed by atoms with Gasteiger partial charge in [0.2, 0.25) is 0 Å². The lowest BCUT2D eigenvalue weighted by Gasteiger charge is -2.22. The molecule has 0 bridgehead atoms. The van der Waals surface area contributed by atoms with Crippen LogP contribution in [0.25, 0.3) is 0 Å². The van der Waals surface area contributed by atoms with E-state index in [1.54, 1.807) is 13.8 Å². The van der Waals surface area contributed by atoms with Crippen LogP contribution in [-0.2, 0) is 10.2 Å². The van der Waals surface area contributed by atoms with Crippen LogP contribution in [-0.4, -0.2) is 44.9 Å². The molecule has 1 aromatic carbocycles. The Kier molecular flexibility index (Phi) is 12.8. The number of urea groups is 1. The lowest BCUT2D eigenvalue weighted by atomic mass is 9.93. The largest absolute Gasteiger partial charge is 0.333 e. The van der Waals surface area contributed by atoms with Crippen LogP contribution in [0, 0.1) is 0 Å². The van der Waals surface area contributed by atoms with Crippen molar-refractivity contribution in [2.24, 2.45) is 0 Å². The number of para-hydroxylation sites is 1. The summed E-state index contributed by atoms with van der Waals surface area (Å²) in [5.74, 6) is 0.414. The Bertz CT molecular complexity index is 686. The number of amides is 2. The number of rotatable bonds is 9. The summed E-state index contributed by atoms with van der Waals surface area (Å²) in [5, 5.41) is 5.86. The Morgan fingerprint density at radius 3 is 1.69 bits per heavy atom. The van der Waals surface area contributed by atoms with E-state index in [1.807, 2.05) is 45.9 Å². The van der Waals surface area contributed by atoms with Gasteiger partial charge in [-0.2, -0.15) is 12.7 Å². The van der Waals surface area contributed by atoms with Crippen LogP contribution in [0.4, 0.5) is 10.5 Å². The number of nitrogens with zero attached hydrogens (tertiary/aromatic N) is 1. The molecule has 0 aromatic heterocycles. The first kappa shape index (κ1) is 27.4. The Hall–Kier alpha value is -1.64. The molecular weight excluding hydrogens is 388 g/mol. The van der Waals surface area contributed by atoms with Crippen molar-refractivity contribution < 1.29 is 13.2 Å². The molecule has 0 atom stereocenters. The van der Waals surface area contributed by atoms with Gasteiger partial charge in [-0.15, -0.1) is 0 Å². The van der Waals surface area contributed by atoms with Crippen LogP contribution in [0.15, 0.2) is 18.2 Å². The van der Waals surface area contributed by atoms with Crippen molar-refractivity contribution >= 4 is 21.9 Å². The van der Waals surface area contributed by atoms with E-state index in [1.165, 1.54) is 4.31 Å². The molecular formula is C21H40N4O3S. The lowest BCUT2D eigenvalue weighted by Crippen LogP contribution is -2.45. The maximum atomic E-state index is 12.3. The van der Waals surface area contributed by atoms with Gasteiger partial charge in [-0.1, -0.05) is 73.6 Å². The van der Waals surface area contributed by atoms with E-state index >= 15 is 0 Å². The molecule has 0 saturated heterocycles. The summed E-state index contributed by atoms with van der Waals surface area (Å²) in [5.41, 5.74) is 2.66. The number of nitrogens with one attached hydrogen (secondary N) is 3. The second kappa shape index (κ2) is 13.6. The van der Waals surface area contributed by atoms with Crippen molar-refractivity contribution in [2.45, 2.75) is 67.2 Å². The number of benzene rings is 1. The third kappa shape index (κ3) is 9.14. The Labute approximate surface area is 177 Å². The molecule has 0 aliphatic heterocycles. The molecule has 0 radical (unpaired) electrons. The molecule has 3 N–H and O–H groups in total. The van der Waals surface area contributed by atoms with Gasteiger partial charge in [-0.05, 0) is 36.1 Å². The van der Waals surface area contributed by atoms with Gasteiger partial charge >= 0.3 is 16.2 Å². The minimum atomic E-state index is -3.84. The van der Waals surface area contributed by atoms with Gasteiger partial charge in [-0.25, -0.2) is 9.52 Å². The quantitative estimate of drug-likeness (QED) is 0.548. The average molecular weight is 429 g/mol. The highest BCUT2D eigenvalue weighted by molar-refractivity contribution is 7.87. The zero-order chi connectivity index (χ0) is 22.6. The highest BCUT2D eigenvalue weighted by Crippen LogP contribution is 2.32. The fraction of sp³-hybridized carbons (Fsp3) is 0.667. The highest BCUT2D eigenvalue weighted by atomic mass is 32.2. The minimum Gasteiger partial charge on any atom is -0.317 e. The molecule has 2 amide bonds. The second-order valence-electron chi connectivity index (χ2n) is 7.22. The lowest BCUT2D eigenvalue weighted by molar-refractivity contribution is 0.255. The van der Waals surface area contributed by atoms with Crippen LogP contribution in [0.3, 0.4) is 0 Å². The fourth-order valence-corrected chi connectivity index (χ4v) is 3.92. The van der Waals surface area contributed by atoms with Crippen molar-refractivity contribution in [2.75, 3.05) is 31.5 Å². The summed E-state index contributed by atoms with van der Waals surface area (Å²) in [6, 6.07) is 5.12. The molecule has 0 aliphatic carbocycles. The van der Waals surface area contributed by atoms with Crippen molar-refractivity contribution in [3.8, 4) is 0 Å². The molecule has 29 heavy (non-hydrogen) atoms. The van der Waals surface area contributed by atoms with Gasteiger partial charge in [0.1, 0.15) is 0 Å². The molecule has 7 nitrogen and oxygen atoms in total. The molecule has 0 aliphatic rings. The van der Waals surface area contributed by atoms with E-state index in [-0.39, 0.29) is 11.8 Å². The van der Waals surface area contributed by atoms with E-state index in [0.717, 1.165) is 24.2 Å². The van der Waals surface area contributed by atoms with Gasteiger partial charge in [0, 0.05) is 18.8 Å². The van der Waals surface area contributed by atoms with Gasteiger partial charge in [-0.3, -0.25) is 0 Å². The first-order valence-electron chi connectivity index (χ1n) is 10.5. The molecule has 0 heterocycles. The smallest absolute Gasteiger partial charge is 0.317 e. The fourth-order valence-electron chi connectivity index (χ4n) is 2.83. The zero-order valence-electron chi connectivity index (χ0n) is 19.3. The van der Waals surface area contributed by atoms with E-state index in [4.69, 9.17) is 0 Å².